The molecule has 2 aromatic carbocycles. The summed E-state index contributed by atoms with van der Waals surface area (Å²) >= 11 is 5.84. The van der Waals surface area contributed by atoms with Crippen LogP contribution in [0, 0.1) is 0 Å². The van der Waals surface area contributed by atoms with Crippen LogP contribution in [0.3, 0.4) is 0 Å². The maximum Gasteiger partial charge on any atom is 0.416 e. The number of aromatic nitrogens is 2. The van der Waals surface area contributed by atoms with E-state index in [4.69, 9.17) is 11.6 Å². The molecule has 0 aliphatic carbocycles. The number of benzene rings is 2. The molecule has 1 heterocycles. The van der Waals surface area contributed by atoms with Gasteiger partial charge in [-0.2, -0.15) is 13.2 Å². The molecule has 0 radical (unpaired) electrons. The van der Waals surface area contributed by atoms with E-state index in [1.54, 1.807) is 31.3 Å². The van der Waals surface area contributed by atoms with Crippen LogP contribution in [-0.4, -0.2) is 22.9 Å². The Morgan fingerprint density at radius 2 is 1.63 bits per heavy atom. The second kappa shape index (κ2) is 7.36. The third-order valence-corrected chi connectivity index (χ3v) is 4.13. The van der Waals surface area contributed by atoms with E-state index < -0.39 is 17.6 Å². The summed E-state index contributed by atoms with van der Waals surface area (Å²) in [6, 6.07) is 11.2. The number of amides is 1. The van der Waals surface area contributed by atoms with Crippen molar-refractivity contribution in [3.05, 3.63) is 77.2 Å². The van der Waals surface area contributed by atoms with Gasteiger partial charge in [0.2, 0.25) is 0 Å². The lowest BCUT2D eigenvalue weighted by molar-refractivity contribution is -0.137. The zero-order valence-electron chi connectivity index (χ0n) is 14.0. The molecule has 0 aliphatic rings. The Morgan fingerprint density at radius 1 is 1.00 bits per heavy atom. The van der Waals surface area contributed by atoms with Gasteiger partial charge in [-0.05, 0) is 36.4 Å². The van der Waals surface area contributed by atoms with Crippen LogP contribution in [0.5, 0.6) is 0 Å². The number of hydrogen-bond acceptors (Lipinski definition) is 3. The Morgan fingerprint density at radius 3 is 2.22 bits per heavy atom. The standard InChI is InChI=1S/C19H13ClF3N3O/c1-26(15-8-6-14(20)7-9-15)18(27)17-11-24-10-16(25-17)12-2-4-13(5-3-12)19(21,22)23/h2-11H,1H3. The largest absolute Gasteiger partial charge is 0.416 e. The fourth-order valence-electron chi connectivity index (χ4n) is 2.39. The lowest BCUT2D eigenvalue weighted by Gasteiger charge is -2.17. The first-order chi connectivity index (χ1) is 12.8. The third kappa shape index (κ3) is 4.25. The van der Waals surface area contributed by atoms with Crippen molar-refractivity contribution in [3.8, 4) is 11.3 Å². The van der Waals surface area contributed by atoms with Crippen LogP contribution in [0.25, 0.3) is 11.3 Å². The number of halogens is 4. The molecule has 0 N–H and O–H groups in total. The Balaban J connectivity index is 1.86. The lowest BCUT2D eigenvalue weighted by Crippen LogP contribution is -2.27. The summed E-state index contributed by atoms with van der Waals surface area (Å²) in [4.78, 5) is 22.3. The average Bonchev–Trinajstić information content (AvgIpc) is 2.67. The molecule has 0 spiro atoms. The molecule has 8 heteroatoms. The van der Waals surface area contributed by atoms with E-state index in [2.05, 4.69) is 9.97 Å². The average molecular weight is 392 g/mol. The van der Waals surface area contributed by atoms with Gasteiger partial charge in [-0.3, -0.25) is 9.78 Å². The number of hydrogen-bond donors (Lipinski definition) is 0. The summed E-state index contributed by atoms with van der Waals surface area (Å²) in [7, 11) is 1.58. The monoisotopic (exact) mass is 391 g/mol. The molecule has 1 aromatic heterocycles. The topological polar surface area (TPSA) is 46.1 Å². The van der Waals surface area contributed by atoms with Gasteiger partial charge in [0.15, 0.2) is 0 Å². The molecule has 0 atom stereocenters. The number of alkyl halides is 3. The molecule has 0 unspecified atom stereocenters. The molecule has 3 rings (SSSR count). The normalized spacial score (nSPS) is 11.3. The SMILES string of the molecule is CN(C(=O)c1cncc(-c2ccc(C(F)(F)F)cc2)n1)c1ccc(Cl)cc1. The first-order valence-corrected chi connectivity index (χ1v) is 8.17. The molecule has 4 nitrogen and oxygen atoms in total. The molecule has 138 valence electrons. The van der Waals surface area contributed by atoms with Gasteiger partial charge in [-0.1, -0.05) is 23.7 Å². The van der Waals surface area contributed by atoms with Gasteiger partial charge in [0.25, 0.3) is 5.91 Å². The molecule has 0 saturated heterocycles. The first kappa shape index (κ1) is 18.8. The Labute approximate surface area is 158 Å². The van der Waals surface area contributed by atoms with E-state index in [-0.39, 0.29) is 5.69 Å². The predicted molar refractivity (Wildman–Crippen MR) is 96.7 cm³/mol. The quantitative estimate of drug-likeness (QED) is 0.624. The summed E-state index contributed by atoms with van der Waals surface area (Å²) in [6.07, 6.45) is -1.71. The molecule has 0 aliphatic heterocycles. The molecular formula is C19H13ClF3N3O. The molecule has 0 fully saturated rings. The predicted octanol–water partition coefficient (Wildman–Crippen LogP) is 5.09. The molecule has 3 aromatic rings. The lowest BCUT2D eigenvalue weighted by atomic mass is 10.1. The Hall–Kier alpha value is -2.93. The van der Waals surface area contributed by atoms with Crippen LogP contribution in [0.2, 0.25) is 5.02 Å². The highest BCUT2D eigenvalue weighted by Crippen LogP contribution is 2.30. The second-order valence-corrected chi connectivity index (χ2v) is 6.14. The van der Waals surface area contributed by atoms with Gasteiger partial charge in [0.1, 0.15) is 5.69 Å². The van der Waals surface area contributed by atoms with Gasteiger partial charge in [-0.15, -0.1) is 0 Å². The van der Waals surface area contributed by atoms with Gasteiger partial charge < -0.3 is 4.90 Å². The molecular weight excluding hydrogens is 379 g/mol. The number of carbonyl (C=O) groups excluding carboxylic acids is 1. The van der Waals surface area contributed by atoms with E-state index in [1.165, 1.54) is 29.4 Å². The van der Waals surface area contributed by atoms with Crippen molar-refractivity contribution in [2.45, 2.75) is 6.18 Å². The summed E-state index contributed by atoms with van der Waals surface area (Å²) in [5.74, 6) is -0.404. The van der Waals surface area contributed by atoms with Crippen molar-refractivity contribution in [1.29, 1.82) is 0 Å². The highest BCUT2D eigenvalue weighted by Gasteiger charge is 2.30. The Kier molecular flexibility index (Phi) is 5.14. The maximum absolute atomic E-state index is 12.7. The van der Waals surface area contributed by atoms with E-state index in [0.29, 0.717) is 22.0 Å². The number of carbonyl (C=O) groups is 1. The summed E-state index contributed by atoms with van der Waals surface area (Å²) < 4.78 is 38.0. The highest BCUT2D eigenvalue weighted by molar-refractivity contribution is 6.30. The number of rotatable bonds is 3. The van der Waals surface area contributed by atoms with Gasteiger partial charge >= 0.3 is 6.18 Å². The van der Waals surface area contributed by atoms with E-state index >= 15 is 0 Å². The van der Waals surface area contributed by atoms with Crippen LogP contribution in [0.1, 0.15) is 16.1 Å². The zero-order chi connectivity index (χ0) is 19.6. The van der Waals surface area contributed by atoms with Crippen LogP contribution in [-0.2, 0) is 6.18 Å². The molecule has 0 saturated carbocycles. The highest BCUT2D eigenvalue weighted by atomic mass is 35.5. The van der Waals surface area contributed by atoms with Gasteiger partial charge in [0.05, 0.1) is 23.7 Å². The maximum atomic E-state index is 12.7. The number of anilines is 1. The number of nitrogens with zero attached hydrogens (tertiary/aromatic N) is 3. The van der Waals surface area contributed by atoms with Crippen molar-refractivity contribution in [1.82, 2.24) is 9.97 Å². The van der Waals surface area contributed by atoms with Crippen LogP contribution in [0.15, 0.2) is 60.9 Å². The second-order valence-electron chi connectivity index (χ2n) is 5.71. The molecule has 1 amide bonds. The molecule has 0 bridgehead atoms. The first-order valence-electron chi connectivity index (χ1n) is 7.79. The van der Waals surface area contributed by atoms with Gasteiger partial charge in [-0.25, -0.2) is 4.98 Å². The van der Waals surface area contributed by atoms with Crippen molar-refractivity contribution in [3.63, 3.8) is 0 Å². The fraction of sp³-hybridized carbons (Fsp3) is 0.105. The van der Waals surface area contributed by atoms with E-state index in [1.807, 2.05) is 0 Å². The van der Waals surface area contributed by atoms with Crippen molar-refractivity contribution in [2.75, 3.05) is 11.9 Å². The van der Waals surface area contributed by atoms with Crippen LogP contribution >= 0.6 is 11.6 Å². The third-order valence-electron chi connectivity index (χ3n) is 3.88. The minimum Gasteiger partial charge on any atom is -0.310 e. The van der Waals surface area contributed by atoms with Crippen LogP contribution in [0.4, 0.5) is 18.9 Å². The smallest absolute Gasteiger partial charge is 0.310 e. The Bertz CT molecular complexity index is 957. The van der Waals surface area contributed by atoms with Crippen LogP contribution < -0.4 is 4.90 Å². The van der Waals surface area contributed by atoms with Crippen molar-refractivity contribution in [2.24, 2.45) is 0 Å². The zero-order valence-corrected chi connectivity index (χ0v) is 14.8. The van der Waals surface area contributed by atoms with Crippen molar-refractivity contribution >= 4 is 23.2 Å². The summed E-state index contributed by atoms with van der Waals surface area (Å²) in [5.41, 5.74) is 0.670. The van der Waals surface area contributed by atoms with E-state index in [9.17, 15) is 18.0 Å². The molecule has 27 heavy (non-hydrogen) atoms. The minimum absolute atomic E-state index is 0.0739. The van der Waals surface area contributed by atoms with Crippen molar-refractivity contribution < 1.29 is 18.0 Å². The minimum atomic E-state index is -4.41. The van der Waals surface area contributed by atoms with Gasteiger partial charge in [0, 0.05) is 23.3 Å². The van der Waals surface area contributed by atoms with E-state index in [0.717, 1.165) is 12.1 Å². The fourth-order valence-corrected chi connectivity index (χ4v) is 2.52. The summed E-state index contributed by atoms with van der Waals surface area (Å²) in [6.45, 7) is 0. The summed E-state index contributed by atoms with van der Waals surface area (Å²) in [5, 5.41) is 0.545.